The van der Waals surface area contributed by atoms with Gasteiger partial charge in [0.25, 0.3) is 5.91 Å². The van der Waals surface area contributed by atoms with E-state index in [0.717, 1.165) is 60.2 Å². The predicted octanol–water partition coefficient (Wildman–Crippen LogP) is 5.55. The molecule has 3 aromatic rings. The summed E-state index contributed by atoms with van der Waals surface area (Å²) < 4.78 is 8.24. The first-order chi connectivity index (χ1) is 17.2. The zero-order valence-electron chi connectivity index (χ0n) is 21.0. The van der Waals surface area contributed by atoms with E-state index in [1.54, 1.807) is 10.7 Å². The zero-order chi connectivity index (χ0) is 25.5. The van der Waals surface area contributed by atoms with Crippen LogP contribution in [0.25, 0.3) is 16.9 Å². The Hall–Kier alpha value is -2.94. The van der Waals surface area contributed by atoms with Crippen molar-refractivity contribution in [3.8, 4) is 11.3 Å². The number of hydrogen-bond donors (Lipinski definition) is 0. The fourth-order valence-corrected chi connectivity index (χ4v) is 5.67. The summed E-state index contributed by atoms with van der Waals surface area (Å²) >= 11 is 3.46. The van der Waals surface area contributed by atoms with Gasteiger partial charge < -0.3 is 14.5 Å². The van der Waals surface area contributed by atoms with Gasteiger partial charge in [-0.05, 0) is 93.1 Å². The number of hydrogen-bond acceptors (Lipinski definition) is 5. The van der Waals surface area contributed by atoms with Gasteiger partial charge in [0, 0.05) is 36.3 Å². The van der Waals surface area contributed by atoms with Gasteiger partial charge in [-0.15, -0.1) is 0 Å². The lowest BCUT2D eigenvalue weighted by atomic mass is 9.78. The third-order valence-electron chi connectivity index (χ3n) is 7.19. The number of carbonyl (C=O) groups is 2. The molecule has 2 saturated heterocycles. The number of benzene rings is 1. The summed E-state index contributed by atoms with van der Waals surface area (Å²) in [5.74, 6) is 0.0248. The summed E-state index contributed by atoms with van der Waals surface area (Å²) in [5.41, 5.74) is 2.43. The number of halogens is 1. The van der Waals surface area contributed by atoms with E-state index in [1.807, 2.05) is 67.0 Å². The first-order valence-corrected chi connectivity index (χ1v) is 13.4. The summed E-state index contributed by atoms with van der Waals surface area (Å²) in [6, 6.07) is 11.4. The number of aromatic nitrogens is 3. The summed E-state index contributed by atoms with van der Waals surface area (Å²) in [5, 5.41) is 4.63. The second-order valence-corrected chi connectivity index (χ2v) is 11.6. The van der Waals surface area contributed by atoms with Crippen LogP contribution < -0.4 is 0 Å². The number of amides is 2. The van der Waals surface area contributed by atoms with Crippen LogP contribution in [0.5, 0.6) is 0 Å². The van der Waals surface area contributed by atoms with Crippen molar-refractivity contribution in [1.82, 2.24) is 24.4 Å². The van der Waals surface area contributed by atoms with Crippen LogP contribution >= 0.6 is 15.9 Å². The molecule has 36 heavy (non-hydrogen) atoms. The van der Waals surface area contributed by atoms with E-state index in [4.69, 9.17) is 4.74 Å². The first kappa shape index (κ1) is 24.7. The number of carbonyl (C=O) groups excluding carboxylic acids is 2. The van der Waals surface area contributed by atoms with E-state index in [2.05, 4.69) is 26.0 Å². The van der Waals surface area contributed by atoms with Gasteiger partial charge in [0.05, 0.1) is 11.9 Å². The molecule has 0 unspecified atom stereocenters. The average Bonchev–Trinajstić information content (AvgIpc) is 3.23. The molecule has 190 valence electrons. The van der Waals surface area contributed by atoms with E-state index in [0.29, 0.717) is 18.7 Å². The lowest BCUT2D eigenvalue weighted by Gasteiger charge is -2.51. The minimum absolute atomic E-state index is 0.0248. The molecule has 2 amide bonds. The number of nitrogens with zero attached hydrogens (tertiary/aromatic N) is 5. The predicted molar refractivity (Wildman–Crippen MR) is 141 cm³/mol. The lowest BCUT2D eigenvalue weighted by molar-refractivity contribution is -0.0339. The summed E-state index contributed by atoms with van der Waals surface area (Å²) in [4.78, 5) is 34.4. The molecule has 0 aliphatic carbocycles. The molecule has 2 aliphatic heterocycles. The van der Waals surface area contributed by atoms with Gasteiger partial charge in [-0.1, -0.05) is 12.1 Å². The van der Waals surface area contributed by atoms with Crippen LogP contribution in [0, 0.1) is 0 Å². The second-order valence-electron chi connectivity index (χ2n) is 10.8. The Bertz CT molecular complexity index is 1270. The molecule has 0 saturated carbocycles. The van der Waals surface area contributed by atoms with Crippen molar-refractivity contribution in [2.24, 2.45) is 0 Å². The van der Waals surface area contributed by atoms with E-state index in [-0.39, 0.29) is 17.5 Å². The maximum atomic E-state index is 13.3. The second kappa shape index (κ2) is 9.50. The monoisotopic (exact) mass is 553 g/mol. The van der Waals surface area contributed by atoms with Crippen molar-refractivity contribution in [3.05, 3.63) is 52.8 Å². The van der Waals surface area contributed by atoms with Crippen LogP contribution in [0.15, 0.2) is 47.2 Å². The fourth-order valence-electron chi connectivity index (χ4n) is 5.31. The standard InChI is InChI=1S/C27H32BrN5O3/c1-26(2,3)36-25(35)32-15-5-4-12-27(32)13-16-31(17-14-27)24(34)20-8-6-19(7-9-20)21-10-11-23-29-18-22(28)33(23)30-21/h6-11,18H,4-5,12-17H2,1-3H3. The Morgan fingerprint density at radius 2 is 1.69 bits per heavy atom. The van der Waals surface area contributed by atoms with Crippen molar-refractivity contribution in [3.63, 3.8) is 0 Å². The van der Waals surface area contributed by atoms with Gasteiger partial charge >= 0.3 is 6.09 Å². The molecule has 0 radical (unpaired) electrons. The Morgan fingerprint density at radius 1 is 0.972 bits per heavy atom. The molecule has 8 nitrogen and oxygen atoms in total. The molecule has 0 N–H and O–H groups in total. The van der Waals surface area contributed by atoms with Gasteiger partial charge in [0.1, 0.15) is 10.2 Å². The number of imidazole rings is 1. The van der Waals surface area contributed by atoms with Crippen molar-refractivity contribution < 1.29 is 14.3 Å². The fraction of sp³-hybridized carbons (Fsp3) is 0.481. The number of piperidine rings is 2. The molecule has 2 aromatic heterocycles. The minimum Gasteiger partial charge on any atom is -0.444 e. The molecule has 4 heterocycles. The van der Waals surface area contributed by atoms with Crippen LogP contribution in [0.2, 0.25) is 0 Å². The van der Waals surface area contributed by atoms with Gasteiger partial charge in [-0.3, -0.25) is 4.79 Å². The summed E-state index contributed by atoms with van der Waals surface area (Å²) in [6.07, 6.45) is 6.11. The molecule has 5 rings (SSSR count). The van der Waals surface area contributed by atoms with Gasteiger partial charge in [-0.2, -0.15) is 5.10 Å². The SMILES string of the molecule is CC(C)(C)OC(=O)N1CCCCC12CCN(C(=O)c1ccc(-c3ccc4ncc(Br)n4n3)cc1)CC2. The van der Waals surface area contributed by atoms with Crippen LogP contribution in [0.1, 0.15) is 63.2 Å². The summed E-state index contributed by atoms with van der Waals surface area (Å²) in [7, 11) is 0. The van der Waals surface area contributed by atoms with Crippen molar-refractivity contribution in [2.45, 2.75) is 64.0 Å². The number of likely N-dealkylation sites (tertiary alicyclic amines) is 2. The van der Waals surface area contributed by atoms with Gasteiger partial charge in [0.15, 0.2) is 5.65 Å². The molecule has 2 fully saturated rings. The van der Waals surface area contributed by atoms with Gasteiger partial charge in [-0.25, -0.2) is 14.3 Å². The molecule has 1 spiro atoms. The van der Waals surface area contributed by atoms with E-state index >= 15 is 0 Å². The average molecular weight is 554 g/mol. The van der Waals surface area contributed by atoms with E-state index in [9.17, 15) is 9.59 Å². The van der Waals surface area contributed by atoms with Crippen LogP contribution in [-0.4, -0.2) is 67.2 Å². The molecular weight excluding hydrogens is 522 g/mol. The van der Waals surface area contributed by atoms with Gasteiger partial charge in [0.2, 0.25) is 0 Å². The Morgan fingerprint density at radius 3 is 2.39 bits per heavy atom. The van der Waals surface area contributed by atoms with Crippen molar-refractivity contribution in [2.75, 3.05) is 19.6 Å². The highest BCUT2D eigenvalue weighted by molar-refractivity contribution is 9.10. The van der Waals surface area contributed by atoms with Crippen LogP contribution in [-0.2, 0) is 4.74 Å². The normalized spacial score (nSPS) is 18.0. The largest absolute Gasteiger partial charge is 0.444 e. The highest BCUT2D eigenvalue weighted by Crippen LogP contribution is 2.38. The van der Waals surface area contributed by atoms with E-state index in [1.165, 1.54) is 0 Å². The highest BCUT2D eigenvalue weighted by atomic mass is 79.9. The molecule has 1 aromatic carbocycles. The zero-order valence-corrected chi connectivity index (χ0v) is 22.6. The number of fused-ring (bicyclic) bond motifs is 1. The minimum atomic E-state index is -0.519. The molecule has 0 bridgehead atoms. The molecule has 2 aliphatic rings. The highest BCUT2D eigenvalue weighted by Gasteiger charge is 2.45. The third-order valence-corrected chi connectivity index (χ3v) is 7.73. The quantitative estimate of drug-likeness (QED) is 0.415. The Balaban J connectivity index is 1.26. The molecule has 9 heteroatoms. The Labute approximate surface area is 219 Å². The Kier molecular flexibility index (Phi) is 6.53. The smallest absolute Gasteiger partial charge is 0.410 e. The number of rotatable bonds is 2. The third kappa shape index (κ3) is 4.85. The number of ether oxygens (including phenoxy) is 1. The maximum absolute atomic E-state index is 13.3. The van der Waals surface area contributed by atoms with Crippen LogP contribution in [0.4, 0.5) is 4.79 Å². The van der Waals surface area contributed by atoms with Crippen LogP contribution in [0.3, 0.4) is 0 Å². The van der Waals surface area contributed by atoms with E-state index < -0.39 is 5.60 Å². The topological polar surface area (TPSA) is 80.0 Å². The first-order valence-electron chi connectivity index (χ1n) is 12.6. The van der Waals surface area contributed by atoms with Crippen molar-refractivity contribution >= 4 is 33.6 Å². The lowest BCUT2D eigenvalue weighted by Crippen LogP contribution is -2.60. The van der Waals surface area contributed by atoms with Crippen molar-refractivity contribution in [1.29, 1.82) is 0 Å². The molecular formula is C27H32BrN5O3. The molecule has 0 atom stereocenters. The summed E-state index contributed by atoms with van der Waals surface area (Å²) in [6.45, 7) is 7.69. The maximum Gasteiger partial charge on any atom is 0.410 e.